The Bertz CT molecular complexity index is 304. The average Bonchev–Trinajstić information content (AvgIpc) is 3.28. The minimum Gasteiger partial charge on any atom is -0.0877 e. The summed E-state index contributed by atoms with van der Waals surface area (Å²) in [5.41, 5.74) is 0. The zero-order valence-electron chi connectivity index (χ0n) is 12.8. The van der Waals surface area contributed by atoms with Crippen LogP contribution in [0.5, 0.6) is 0 Å². The van der Waals surface area contributed by atoms with E-state index >= 15 is 0 Å². The van der Waals surface area contributed by atoms with Crippen LogP contribution in [0, 0.1) is 0 Å². The van der Waals surface area contributed by atoms with Crippen LogP contribution in [-0.4, -0.2) is 0 Å². The molecule has 1 rings (SSSR count). The van der Waals surface area contributed by atoms with Crippen molar-refractivity contribution in [3.05, 3.63) is 59.4 Å². The summed E-state index contributed by atoms with van der Waals surface area (Å²) in [7, 11) is 3.25. The molecule has 0 radical (unpaired) electrons. The van der Waals surface area contributed by atoms with Crippen molar-refractivity contribution in [2.75, 3.05) is 0 Å². The molecule has 0 bridgehead atoms. The number of rotatable bonds is 6. The normalized spacial score (nSPS) is 12.8. The van der Waals surface area contributed by atoms with Gasteiger partial charge in [0, 0.05) is 9.81 Å². The first-order chi connectivity index (χ1) is 9.20. The number of hydrogen-bond acceptors (Lipinski definition) is 2. The van der Waals surface area contributed by atoms with Gasteiger partial charge < -0.3 is 0 Å². The first kappa shape index (κ1) is 20.7. The van der Waals surface area contributed by atoms with Crippen molar-refractivity contribution in [3.8, 4) is 0 Å². The van der Waals surface area contributed by atoms with Gasteiger partial charge in [-0.25, -0.2) is 0 Å². The fraction of sp³-hybridized carbons (Fsp3) is 0.412. The molecule has 108 valence electrons. The van der Waals surface area contributed by atoms with E-state index in [4.69, 9.17) is 0 Å². The van der Waals surface area contributed by atoms with Crippen molar-refractivity contribution in [2.45, 2.75) is 47.0 Å². The Balaban J connectivity index is 0. The van der Waals surface area contributed by atoms with Crippen LogP contribution in [0.4, 0.5) is 0 Å². The van der Waals surface area contributed by atoms with E-state index in [1.54, 1.807) is 21.6 Å². The minimum atomic E-state index is 1.03. The van der Waals surface area contributed by atoms with Crippen LogP contribution in [0.25, 0.3) is 0 Å². The topological polar surface area (TPSA) is 0 Å². The highest BCUT2D eigenvalue weighted by atomic mass is 33.1. The quantitative estimate of drug-likeness (QED) is 0.372. The molecule has 0 N–H and O–H groups in total. The largest absolute Gasteiger partial charge is 0.0877 e. The minimum absolute atomic E-state index is 1.03. The summed E-state index contributed by atoms with van der Waals surface area (Å²) in [4.78, 5) is 2.07. The zero-order chi connectivity index (χ0) is 14.9. The molecule has 0 heterocycles. The van der Waals surface area contributed by atoms with Crippen molar-refractivity contribution < 1.29 is 0 Å². The van der Waals surface area contributed by atoms with E-state index < -0.39 is 0 Å². The smallest absolute Gasteiger partial charge is 0.0114 e. The lowest BCUT2D eigenvalue weighted by Gasteiger charge is -1.98. The summed E-state index contributed by atoms with van der Waals surface area (Å²) in [6.07, 6.45) is 16.4. The molecular weight excluding hydrogens is 268 g/mol. The van der Waals surface area contributed by atoms with E-state index in [0.717, 1.165) is 9.81 Å². The van der Waals surface area contributed by atoms with E-state index in [9.17, 15) is 0 Å². The van der Waals surface area contributed by atoms with Gasteiger partial charge in [0.2, 0.25) is 0 Å². The van der Waals surface area contributed by atoms with Crippen molar-refractivity contribution in [2.24, 2.45) is 0 Å². The van der Waals surface area contributed by atoms with Crippen LogP contribution >= 0.6 is 21.6 Å². The maximum Gasteiger partial charge on any atom is 0.0114 e. The van der Waals surface area contributed by atoms with E-state index in [0.29, 0.717) is 0 Å². The molecule has 0 spiro atoms. The standard InChI is InChI=1S/C12H16S2.C3H6.C2H6/c1-5-7-8-10-12(4)14-13-11(3)9-6-2;1-2-3-1;1-2/h5-10H,3-4H2,1-2H3;1-3H2;1-2H3/b7-5-,9-6-,10-8-;;. The van der Waals surface area contributed by atoms with Gasteiger partial charge in [-0.1, -0.05) is 98.2 Å². The first-order valence-electron chi connectivity index (χ1n) is 6.85. The molecule has 19 heavy (non-hydrogen) atoms. The van der Waals surface area contributed by atoms with E-state index in [2.05, 4.69) is 13.2 Å². The highest BCUT2D eigenvalue weighted by Gasteiger charge is 1.95. The Labute approximate surface area is 128 Å². The third-order valence-corrected chi connectivity index (χ3v) is 3.87. The molecule has 1 aliphatic carbocycles. The van der Waals surface area contributed by atoms with E-state index in [1.807, 2.05) is 64.2 Å². The van der Waals surface area contributed by atoms with E-state index in [1.165, 1.54) is 19.3 Å². The van der Waals surface area contributed by atoms with E-state index in [-0.39, 0.29) is 0 Å². The fourth-order valence-corrected chi connectivity index (χ4v) is 2.14. The zero-order valence-corrected chi connectivity index (χ0v) is 14.4. The lowest BCUT2D eigenvalue weighted by molar-refractivity contribution is 1.50. The molecule has 2 heteroatoms. The molecule has 0 amide bonds. The van der Waals surface area contributed by atoms with Crippen LogP contribution in [-0.2, 0) is 0 Å². The van der Waals surface area contributed by atoms with Crippen LogP contribution in [0.1, 0.15) is 47.0 Å². The number of allylic oxidation sites excluding steroid dienone is 6. The Kier molecular flexibility index (Phi) is 19.0. The van der Waals surface area contributed by atoms with Gasteiger partial charge in [0.05, 0.1) is 0 Å². The van der Waals surface area contributed by atoms with Crippen LogP contribution in [0.15, 0.2) is 59.4 Å². The Morgan fingerprint density at radius 1 is 0.789 bits per heavy atom. The molecule has 0 aromatic heterocycles. The molecule has 0 aromatic carbocycles. The van der Waals surface area contributed by atoms with Crippen molar-refractivity contribution in [1.29, 1.82) is 0 Å². The van der Waals surface area contributed by atoms with Crippen LogP contribution in [0.3, 0.4) is 0 Å². The predicted molar refractivity (Wildman–Crippen MR) is 97.4 cm³/mol. The summed E-state index contributed by atoms with van der Waals surface area (Å²) >= 11 is 0. The third kappa shape index (κ3) is 23.0. The Hall–Kier alpha value is -0.600. The third-order valence-electron chi connectivity index (χ3n) is 1.55. The van der Waals surface area contributed by atoms with Crippen LogP contribution < -0.4 is 0 Å². The monoisotopic (exact) mass is 296 g/mol. The van der Waals surface area contributed by atoms with Crippen molar-refractivity contribution >= 4 is 21.6 Å². The molecule has 1 saturated carbocycles. The molecule has 0 aromatic rings. The second kappa shape index (κ2) is 17.4. The average molecular weight is 297 g/mol. The summed E-state index contributed by atoms with van der Waals surface area (Å²) < 4.78 is 0. The summed E-state index contributed by atoms with van der Waals surface area (Å²) in [6.45, 7) is 15.8. The van der Waals surface area contributed by atoms with Gasteiger partial charge in [-0.3, -0.25) is 0 Å². The van der Waals surface area contributed by atoms with Gasteiger partial charge in [0.1, 0.15) is 0 Å². The Morgan fingerprint density at radius 3 is 1.63 bits per heavy atom. The van der Waals surface area contributed by atoms with Crippen LogP contribution in [0.2, 0.25) is 0 Å². The lowest BCUT2D eigenvalue weighted by atomic mass is 10.4. The van der Waals surface area contributed by atoms with Gasteiger partial charge in [-0.15, -0.1) is 0 Å². The van der Waals surface area contributed by atoms with Gasteiger partial charge in [0.25, 0.3) is 0 Å². The molecule has 0 aliphatic heterocycles. The molecule has 0 unspecified atom stereocenters. The SMILES string of the molecule is C1CC1.C=C(/C=C\C)SSC(=C)/C=C\C=C/C.CC. The summed E-state index contributed by atoms with van der Waals surface area (Å²) in [5.74, 6) is 0. The summed E-state index contributed by atoms with van der Waals surface area (Å²) in [5, 5.41) is 0. The Morgan fingerprint density at radius 2 is 1.26 bits per heavy atom. The molecule has 0 atom stereocenters. The predicted octanol–water partition coefficient (Wildman–Crippen LogP) is 7.30. The maximum atomic E-state index is 3.91. The first-order valence-corrected chi connectivity index (χ1v) is 9.00. The van der Waals surface area contributed by atoms with Gasteiger partial charge in [-0.05, 0) is 19.9 Å². The molecule has 1 fully saturated rings. The molecule has 0 saturated heterocycles. The highest BCUT2D eigenvalue weighted by molar-refractivity contribution is 8.79. The highest BCUT2D eigenvalue weighted by Crippen LogP contribution is 2.35. The lowest BCUT2D eigenvalue weighted by Crippen LogP contribution is -1.64. The van der Waals surface area contributed by atoms with Crippen molar-refractivity contribution in [3.63, 3.8) is 0 Å². The second-order valence-corrected chi connectivity index (χ2v) is 5.93. The fourth-order valence-electron chi connectivity index (χ4n) is 0.622. The second-order valence-electron chi connectivity index (χ2n) is 3.54. The van der Waals surface area contributed by atoms with Gasteiger partial charge in [0.15, 0.2) is 0 Å². The summed E-state index contributed by atoms with van der Waals surface area (Å²) in [6, 6.07) is 0. The van der Waals surface area contributed by atoms with Crippen molar-refractivity contribution in [1.82, 2.24) is 0 Å². The number of hydrogen-bond donors (Lipinski definition) is 0. The molecular formula is C17H28S2. The van der Waals surface area contributed by atoms with Gasteiger partial charge >= 0.3 is 0 Å². The molecule has 1 aliphatic rings. The maximum absolute atomic E-state index is 3.91. The van der Waals surface area contributed by atoms with Gasteiger partial charge in [-0.2, -0.15) is 0 Å². The molecule has 0 nitrogen and oxygen atoms in total.